The number of β-amino-alcohol motifs (C(OH)–C–C–N with tert-alkyl or cyclic N) is 1. The zero-order valence-corrected chi connectivity index (χ0v) is 47.7. The molecule has 4 aliphatic rings. The fourth-order valence-electron chi connectivity index (χ4n) is 9.57. The predicted molar refractivity (Wildman–Crippen MR) is 300 cm³/mol. The van der Waals surface area contributed by atoms with E-state index in [1.54, 1.807) is 6.92 Å². The minimum absolute atomic E-state index is 0. The normalized spacial score (nSPS) is 17.8. The van der Waals surface area contributed by atoms with E-state index in [0.717, 1.165) is 88.7 Å². The number of ether oxygens (including phenoxy) is 2. The molecule has 0 spiro atoms. The van der Waals surface area contributed by atoms with Gasteiger partial charge in [0.1, 0.15) is 11.6 Å². The van der Waals surface area contributed by atoms with Crippen molar-refractivity contribution in [2.75, 3.05) is 132 Å². The van der Waals surface area contributed by atoms with Gasteiger partial charge in [0, 0.05) is 121 Å². The summed E-state index contributed by atoms with van der Waals surface area (Å²) < 4.78 is 87.2. The van der Waals surface area contributed by atoms with Crippen LogP contribution in [0.3, 0.4) is 0 Å². The molecular formula is C55H73ClF2N8O11S2. The number of aliphatic hydroxyl groups is 1. The minimum Gasteiger partial charge on any atom is -0.465 e. The Balaban J connectivity index is 0.000000255. The SMILES string of the molecule is CCOC(=O)c1ccc(CN(C(=O)N2CCS(=O)(=O)CC2)c2ccc(CN3CCN(CC(C)(C)O)CC3)cc2)c(F)c1.COC(=O)c1ccc(CN(C(=O)N2CCS(=O)(=O)CC2)c2ccc(CN3CCNCC3)cc2)c(F)c1.Cl. The van der Waals surface area contributed by atoms with Crippen LogP contribution in [0.15, 0.2) is 84.9 Å². The maximum Gasteiger partial charge on any atom is 0.338 e. The van der Waals surface area contributed by atoms with Gasteiger partial charge in [-0.3, -0.25) is 24.5 Å². The number of carbonyl (C=O) groups is 4. The Morgan fingerprint density at radius 2 is 0.987 bits per heavy atom. The molecule has 4 aromatic carbocycles. The third kappa shape index (κ3) is 18.1. The van der Waals surface area contributed by atoms with E-state index in [-0.39, 0.29) is 104 Å². The number of hydrogen-bond acceptors (Lipinski definition) is 15. The van der Waals surface area contributed by atoms with Crippen LogP contribution in [0, 0.1) is 11.6 Å². The summed E-state index contributed by atoms with van der Waals surface area (Å²) in [5.41, 5.74) is 3.18. The Bertz CT molecular complexity index is 2930. The Hall–Kier alpha value is -5.79. The van der Waals surface area contributed by atoms with Gasteiger partial charge in [0.15, 0.2) is 19.7 Å². The van der Waals surface area contributed by atoms with Crippen molar-refractivity contribution in [3.63, 3.8) is 0 Å². The summed E-state index contributed by atoms with van der Waals surface area (Å²) in [6, 6.07) is 22.3. The zero-order chi connectivity index (χ0) is 56.2. The maximum atomic E-state index is 15.1. The number of halogens is 3. The molecule has 0 saturated carbocycles. The third-order valence-electron chi connectivity index (χ3n) is 14.0. The van der Waals surface area contributed by atoms with E-state index in [2.05, 4.69) is 24.8 Å². The molecule has 2 N–H and O–H groups in total. The average molecular weight is 1160 g/mol. The number of sulfone groups is 2. The molecule has 4 fully saturated rings. The number of nitrogens with zero attached hydrogens (tertiary/aromatic N) is 7. The quantitative estimate of drug-likeness (QED) is 0.149. The van der Waals surface area contributed by atoms with Crippen molar-refractivity contribution >= 4 is 67.5 Å². The Morgan fingerprint density at radius 1 is 0.595 bits per heavy atom. The average Bonchev–Trinajstić information content (AvgIpc) is 3.46. The largest absolute Gasteiger partial charge is 0.465 e. The summed E-state index contributed by atoms with van der Waals surface area (Å²) in [4.78, 5) is 63.7. The molecule has 79 heavy (non-hydrogen) atoms. The fraction of sp³-hybridized carbons (Fsp3) is 0.491. The van der Waals surface area contributed by atoms with Gasteiger partial charge in [-0.2, -0.15) is 0 Å². The van der Waals surface area contributed by atoms with Crippen molar-refractivity contribution in [3.05, 3.63) is 130 Å². The summed E-state index contributed by atoms with van der Waals surface area (Å²) in [6.45, 7) is 15.1. The number of esters is 2. The van der Waals surface area contributed by atoms with Crippen molar-refractivity contribution in [2.24, 2.45) is 0 Å². The van der Waals surface area contributed by atoms with Crippen LogP contribution in [0.4, 0.5) is 29.7 Å². The number of benzene rings is 4. The molecule has 0 radical (unpaired) electrons. The third-order valence-corrected chi connectivity index (χ3v) is 17.2. The molecule has 19 nitrogen and oxygen atoms in total. The summed E-state index contributed by atoms with van der Waals surface area (Å²) in [5.74, 6) is -2.97. The van der Waals surface area contributed by atoms with Crippen molar-refractivity contribution in [3.8, 4) is 0 Å². The van der Waals surface area contributed by atoms with Gasteiger partial charge in [0.25, 0.3) is 0 Å². The molecule has 8 rings (SSSR count). The van der Waals surface area contributed by atoms with Crippen molar-refractivity contribution < 1.29 is 59.4 Å². The minimum atomic E-state index is -3.19. The second-order valence-corrected chi connectivity index (χ2v) is 25.2. The van der Waals surface area contributed by atoms with Crippen LogP contribution in [0.5, 0.6) is 0 Å². The lowest BCUT2D eigenvalue weighted by molar-refractivity contribution is 0.0166. The maximum absolute atomic E-state index is 15.1. The molecule has 4 aliphatic heterocycles. The van der Waals surface area contributed by atoms with Gasteiger partial charge in [-0.05, 0) is 80.4 Å². The highest BCUT2D eigenvalue weighted by atomic mass is 35.5. The van der Waals surface area contributed by atoms with E-state index in [0.29, 0.717) is 17.9 Å². The fourth-order valence-corrected chi connectivity index (χ4v) is 12.0. The van der Waals surface area contributed by atoms with E-state index in [1.807, 2.05) is 62.4 Å². The molecule has 0 aliphatic carbocycles. The summed E-state index contributed by atoms with van der Waals surface area (Å²) in [6.07, 6.45) is 0. The van der Waals surface area contributed by atoms with Crippen LogP contribution in [0.1, 0.15) is 63.7 Å². The molecule has 24 heteroatoms. The van der Waals surface area contributed by atoms with Crippen LogP contribution in [-0.2, 0) is 55.3 Å². The first-order valence-electron chi connectivity index (χ1n) is 26.2. The number of anilines is 2. The van der Waals surface area contributed by atoms with Crippen LogP contribution in [-0.4, -0.2) is 198 Å². The van der Waals surface area contributed by atoms with Gasteiger partial charge < -0.3 is 29.7 Å². The Kier molecular flexibility index (Phi) is 22.2. The molecule has 0 aromatic heterocycles. The lowest BCUT2D eigenvalue weighted by Gasteiger charge is -2.37. The molecule has 0 bridgehead atoms. The summed E-state index contributed by atoms with van der Waals surface area (Å²) >= 11 is 0. The Morgan fingerprint density at radius 3 is 1.37 bits per heavy atom. The number of urea groups is 2. The van der Waals surface area contributed by atoms with Crippen molar-refractivity contribution in [1.82, 2.24) is 29.8 Å². The first-order chi connectivity index (χ1) is 37.1. The number of piperazine rings is 2. The standard InChI is InChI=1S/C30H41FN4O6S.C25H31FN4O5S.ClH/c1-4-41-28(36)24-7-8-25(27(31)19-24)21-35(29(37)34-15-17-42(39,40)18-16-34)26-9-5-23(6-10-26)20-32-11-13-33(14-12-32)22-30(2,3)38;1-35-24(31)20-4-5-21(23(26)16-20)18-30(25(32)29-12-14-36(33,34)15-13-29)22-6-2-19(3-7-22)17-28-10-8-27-9-11-28;/h5-10,19,38H,4,11-18,20-22H2,1-3H3;2-7,16,27H,8-15,17-18H2,1H3;1H. The predicted octanol–water partition coefficient (Wildman–Crippen LogP) is 5.04. The molecule has 0 atom stereocenters. The van der Waals surface area contributed by atoms with E-state index in [4.69, 9.17) is 4.74 Å². The number of methoxy groups -OCH3 is 1. The molecule has 4 heterocycles. The first kappa shape index (κ1) is 62.4. The number of nitrogens with one attached hydrogen (secondary N) is 1. The first-order valence-corrected chi connectivity index (χ1v) is 29.9. The number of amides is 4. The molecule has 0 unspecified atom stereocenters. The van der Waals surface area contributed by atoms with Crippen LogP contribution >= 0.6 is 12.4 Å². The number of hydrogen-bond donors (Lipinski definition) is 2. The smallest absolute Gasteiger partial charge is 0.338 e. The summed E-state index contributed by atoms with van der Waals surface area (Å²) in [7, 11) is -5.14. The topological polar surface area (TPSA) is 210 Å². The van der Waals surface area contributed by atoms with Crippen molar-refractivity contribution in [2.45, 2.75) is 52.6 Å². The molecule has 4 saturated heterocycles. The van der Waals surface area contributed by atoms with E-state index in [9.17, 15) is 45.5 Å². The highest BCUT2D eigenvalue weighted by Gasteiger charge is 2.32. The highest BCUT2D eigenvalue weighted by Crippen LogP contribution is 2.26. The lowest BCUT2D eigenvalue weighted by Crippen LogP contribution is -2.50. The van der Waals surface area contributed by atoms with Crippen LogP contribution in [0.2, 0.25) is 0 Å². The monoisotopic (exact) mass is 1160 g/mol. The van der Waals surface area contributed by atoms with E-state index in [1.165, 1.54) is 51.0 Å². The van der Waals surface area contributed by atoms with Gasteiger partial charge in [0.2, 0.25) is 0 Å². The van der Waals surface area contributed by atoms with Gasteiger partial charge in [-0.25, -0.2) is 44.8 Å². The second kappa shape index (κ2) is 28.1. The zero-order valence-electron chi connectivity index (χ0n) is 45.3. The molecule has 4 amide bonds. The lowest BCUT2D eigenvalue weighted by atomic mass is 10.1. The Labute approximate surface area is 468 Å². The number of carbonyl (C=O) groups excluding carboxylic acids is 4. The van der Waals surface area contributed by atoms with Gasteiger partial charge in [0.05, 0.1) is 66.5 Å². The molecular weight excluding hydrogens is 1090 g/mol. The van der Waals surface area contributed by atoms with E-state index < -0.39 is 60.9 Å². The van der Waals surface area contributed by atoms with E-state index >= 15 is 4.39 Å². The highest BCUT2D eigenvalue weighted by molar-refractivity contribution is 7.91. The van der Waals surface area contributed by atoms with Gasteiger partial charge in [-0.1, -0.05) is 36.4 Å². The number of rotatable bonds is 15. The van der Waals surface area contributed by atoms with Gasteiger partial charge >= 0.3 is 24.0 Å². The molecule has 4 aromatic rings. The van der Waals surface area contributed by atoms with Gasteiger partial charge in [-0.15, -0.1) is 12.4 Å². The van der Waals surface area contributed by atoms with Crippen molar-refractivity contribution in [1.29, 1.82) is 0 Å². The second-order valence-electron chi connectivity index (χ2n) is 20.6. The molecule has 432 valence electrons. The van der Waals surface area contributed by atoms with Crippen LogP contribution < -0.4 is 15.1 Å². The summed E-state index contributed by atoms with van der Waals surface area (Å²) in [5, 5.41) is 13.4. The van der Waals surface area contributed by atoms with Crippen LogP contribution in [0.25, 0.3) is 0 Å².